The summed E-state index contributed by atoms with van der Waals surface area (Å²) in [6.07, 6.45) is 2.87. The number of hydrazone groups is 1. The summed E-state index contributed by atoms with van der Waals surface area (Å²) in [6.45, 7) is 0. The van der Waals surface area contributed by atoms with Crippen molar-refractivity contribution >= 4 is 30.1 Å². The molecule has 9 nitrogen and oxygen atoms in total. The van der Waals surface area contributed by atoms with Gasteiger partial charge < -0.3 is 19.5 Å². The zero-order valence-corrected chi connectivity index (χ0v) is 20.0. The van der Waals surface area contributed by atoms with E-state index in [1.807, 2.05) is 0 Å². The SMILES string of the molecule is COC(=O)c1ccc(/C=N/NC(=O)/C(=C/c2cc(OC)ccc2OC)NC(=O)c2ccccc2)cc1. The lowest BCUT2D eigenvalue weighted by Gasteiger charge is -2.12. The van der Waals surface area contributed by atoms with Gasteiger partial charge in [-0.05, 0) is 54.1 Å². The van der Waals surface area contributed by atoms with E-state index < -0.39 is 17.8 Å². The fraction of sp³-hybridized carbons (Fsp3) is 0.111. The van der Waals surface area contributed by atoms with Gasteiger partial charge in [0.15, 0.2) is 0 Å². The molecule has 0 saturated carbocycles. The second-order valence-corrected chi connectivity index (χ2v) is 7.30. The van der Waals surface area contributed by atoms with Gasteiger partial charge in [0.25, 0.3) is 11.8 Å². The monoisotopic (exact) mass is 487 g/mol. The Kier molecular flexibility index (Phi) is 8.94. The van der Waals surface area contributed by atoms with Crippen molar-refractivity contribution in [2.24, 2.45) is 5.10 Å². The highest BCUT2D eigenvalue weighted by molar-refractivity contribution is 6.05. The molecule has 2 amide bonds. The third kappa shape index (κ3) is 6.80. The highest BCUT2D eigenvalue weighted by atomic mass is 16.5. The number of ether oxygens (including phenoxy) is 3. The van der Waals surface area contributed by atoms with E-state index in [4.69, 9.17) is 9.47 Å². The molecule has 2 N–H and O–H groups in total. The van der Waals surface area contributed by atoms with Gasteiger partial charge >= 0.3 is 5.97 Å². The average molecular weight is 488 g/mol. The smallest absolute Gasteiger partial charge is 0.337 e. The summed E-state index contributed by atoms with van der Waals surface area (Å²) < 4.78 is 15.3. The number of benzene rings is 3. The topological polar surface area (TPSA) is 115 Å². The molecule has 0 radical (unpaired) electrons. The van der Waals surface area contributed by atoms with Crippen LogP contribution in [0.15, 0.2) is 83.6 Å². The normalized spacial score (nSPS) is 11.0. The third-order valence-corrected chi connectivity index (χ3v) is 4.98. The summed E-state index contributed by atoms with van der Waals surface area (Å²) in [5, 5.41) is 6.60. The second kappa shape index (κ2) is 12.5. The van der Waals surface area contributed by atoms with Crippen LogP contribution in [0.3, 0.4) is 0 Å². The Morgan fingerprint density at radius 2 is 1.56 bits per heavy atom. The zero-order valence-electron chi connectivity index (χ0n) is 20.0. The molecule has 3 aromatic rings. The fourth-order valence-electron chi connectivity index (χ4n) is 3.10. The lowest BCUT2D eigenvalue weighted by Crippen LogP contribution is -2.32. The highest BCUT2D eigenvalue weighted by Gasteiger charge is 2.16. The van der Waals surface area contributed by atoms with Crippen molar-refractivity contribution in [3.8, 4) is 11.5 Å². The Morgan fingerprint density at radius 3 is 2.19 bits per heavy atom. The quantitative estimate of drug-likeness (QED) is 0.207. The number of methoxy groups -OCH3 is 3. The molecule has 0 atom stereocenters. The maximum atomic E-state index is 13.0. The molecule has 0 bridgehead atoms. The third-order valence-electron chi connectivity index (χ3n) is 4.98. The number of nitrogens with zero attached hydrogens (tertiary/aromatic N) is 1. The van der Waals surface area contributed by atoms with Crippen LogP contribution in [0.5, 0.6) is 11.5 Å². The van der Waals surface area contributed by atoms with Crippen LogP contribution in [0.2, 0.25) is 0 Å². The second-order valence-electron chi connectivity index (χ2n) is 7.30. The minimum absolute atomic E-state index is 0.0615. The molecule has 36 heavy (non-hydrogen) atoms. The average Bonchev–Trinajstić information content (AvgIpc) is 2.92. The van der Waals surface area contributed by atoms with E-state index in [1.54, 1.807) is 72.8 Å². The molecule has 0 spiro atoms. The largest absolute Gasteiger partial charge is 0.497 e. The van der Waals surface area contributed by atoms with Gasteiger partial charge in [-0.1, -0.05) is 30.3 Å². The molecule has 0 aliphatic heterocycles. The standard InChI is InChI=1S/C27H25N3O6/c1-34-22-13-14-24(35-2)21(15-22)16-23(29-25(31)19-7-5-4-6-8-19)26(32)30-28-17-18-9-11-20(12-10-18)27(33)36-3/h4-17H,1-3H3,(H,29,31)(H,30,32)/b23-16-,28-17+. The van der Waals surface area contributed by atoms with E-state index in [0.29, 0.717) is 33.8 Å². The Labute approximate surface area is 208 Å². The highest BCUT2D eigenvalue weighted by Crippen LogP contribution is 2.26. The predicted octanol–water partition coefficient (Wildman–Crippen LogP) is 3.41. The predicted molar refractivity (Wildman–Crippen MR) is 135 cm³/mol. The Balaban J connectivity index is 1.85. The first-order valence-electron chi connectivity index (χ1n) is 10.8. The van der Waals surface area contributed by atoms with Gasteiger partial charge in [-0.15, -0.1) is 0 Å². The zero-order chi connectivity index (χ0) is 25.9. The van der Waals surface area contributed by atoms with Crippen LogP contribution in [0.1, 0.15) is 31.8 Å². The molecule has 0 aliphatic rings. The molecule has 0 saturated heterocycles. The van der Waals surface area contributed by atoms with Gasteiger partial charge in [-0.2, -0.15) is 5.10 Å². The van der Waals surface area contributed by atoms with Crippen LogP contribution < -0.4 is 20.2 Å². The van der Waals surface area contributed by atoms with Gasteiger partial charge in [-0.25, -0.2) is 10.2 Å². The molecule has 0 fully saturated rings. The molecule has 0 aliphatic carbocycles. The van der Waals surface area contributed by atoms with E-state index in [-0.39, 0.29) is 5.70 Å². The minimum atomic E-state index is -0.661. The first-order chi connectivity index (χ1) is 17.4. The van der Waals surface area contributed by atoms with Crippen molar-refractivity contribution < 1.29 is 28.6 Å². The van der Waals surface area contributed by atoms with Gasteiger partial charge in [0.05, 0.1) is 33.1 Å². The molecule has 9 heteroatoms. The first kappa shape index (κ1) is 25.7. The van der Waals surface area contributed by atoms with Crippen LogP contribution in [0.25, 0.3) is 6.08 Å². The van der Waals surface area contributed by atoms with Crippen LogP contribution >= 0.6 is 0 Å². The van der Waals surface area contributed by atoms with Crippen LogP contribution in [0, 0.1) is 0 Å². The van der Waals surface area contributed by atoms with Crippen molar-refractivity contribution in [3.05, 3.63) is 101 Å². The Hall–Kier alpha value is -4.92. The van der Waals surface area contributed by atoms with E-state index in [2.05, 4.69) is 20.6 Å². The lowest BCUT2D eigenvalue weighted by molar-refractivity contribution is -0.117. The lowest BCUT2D eigenvalue weighted by atomic mass is 10.1. The molecule has 0 heterocycles. The molecule has 3 aromatic carbocycles. The molecule has 184 valence electrons. The van der Waals surface area contributed by atoms with Crippen molar-refractivity contribution in [1.82, 2.24) is 10.7 Å². The van der Waals surface area contributed by atoms with Crippen LogP contribution in [-0.2, 0) is 9.53 Å². The number of carbonyl (C=O) groups excluding carboxylic acids is 3. The van der Waals surface area contributed by atoms with Crippen LogP contribution in [-0.4, -0.2) is 45.3 Å². The van der Waals surface area contributed by atoms with Gasteiger partial charge in [0.1, 0.15) is 17.2 Å². The molecular weight excluding hydrogens is 462 g/mol. The number of rotatable bonds is 9. The maximum absolute atomic E-state index is 13.0. The summed E-state index contributed by atoms with van der Waals surface area (Å²) in [7, 11) is 4.32. The number of nitrogens with one attached hydrogen (secondary N) is 2. The van der Waals surface area contributed by atoms with E-state index in [1.165, 1.54) is 33.6 Å². The Morgan fingerprint density at radius 1 is 0.833 bits per heavy atom. The number of amides is 2. The van der Waals surface area contributed by atoms with Crippen molar-refractivity contribution in [1.29, 1.82) is 0 Å². The summed E-state index contributed by atoms with van der Waals surface area (Å²) in [5.74, 6) is -0.564. The fourth-order valence-corrected chi connectivity index (χ4v) is 3.10. The van der Waals surface area contributed by atoms with Gasteiger partial charge in [0, 0.05) is 11.1 Å². The number of esters is 1. The molecule has 0 aromatic heterocycles. The summed E-state index contributed by atoms with van der Waals surface area (Å²) in [6, 6.07) is 20.0. The molecule has 3 rings (SSSR count). The number of carbonyl (C=O) groups is 3. The van der Waals surface area contributed by atoms with E-state index >= 15 is 0 Å². The summed E-state index contributed by atoms with van der Waals surface area (Å²) >= 11 is 0. The maximum Gasteiger partial charge on any atom is 0.337 e. The minimum Gasteiger partial charge on any atom is -0.497 e. The van der Waals surface area contributed by atoms with Gasteiger partial charge in [0.2, 0.25) is 0 Å². The first-order valence-corrected chi connectivity index (χ1v) is 10.8. The number of hydrogen-bond donors (Lipinski definition) is 2. The van der Waals surface area contributed by atoms with Crippen molar-refractivity contribution in [2.45, 2.75) is 0 Å². The van der Waals surface area contributed by atoms with Crippen molar-refractivity contribution in [3.63, 3.8) is 0 Å². The van der Waals surface area contributed by atoms with Gasteiger partial charge in [-0.3, -0.25) is 9.59 Å². The van der Waals surface area contributed by atoms with Crippen molar-refractivity contribution in [2.75, 3.05) is 21.3 Å². The molecule has 0 unspecified atom stereocenters. The summed E-state index contributed by atoms with van der Waals surface area (Å²) in [5.41, 5.74) is 4.26. The molecular formula is C27H25N3O6. The summed E-state index contributed by atoms with van der Waals surface area (Å²) in [4.78, 5) is 37.3. The van der Waals surface area contributed by atoms with E-state index in [9.17, 15) is 14.4 Å². The van der Waals surface area contributed by atoms with E-state index in [0.717, 1.165) is 0 Å². The Bertz CT molecular complexity index is 1280. The number of hydrogen-bond acceptors (Lipinski definition) is 7. The van der Waals surface area contributed by atoms with Crippen LogP contribution in [0.4, 0.5) is 0 Å².